The Balaban J connectivity index is 0.916. The zero-order valence-electron chi connectivity index (χ0n) is 36.7. The Labute approximate surface area is 391 Å². The molecule has 314 valence electrons. The van der Waals surface area contributed by atoms with Gasteiger partial charge in [0.05, 0.1) is 16.8 Å². The van der Waals surface area contributed by atoms with Crippen LogP contribution in [0.2, 0.25) is 0 Å². The number of pyridine rings is 1. The van der Waals surface area contributed by atoms with E-state index < -0.39 is 5.41 Å². The van der Waals surface area contributed by atoms with Crippen LogP contribution in [0.4, 0.5) is 0 Å². The normalized spacial score (nSPS) is 12.3. The van der Waals surface area contributed by atoms with Gasteiger partial charge in [-0.3, -0.25) is 4.98 Å². The van der Waals surface area contributed by atoms with E-state index in [1.807, 2.05) is 42.7 Å². The summed E-state index contributed by atoms with van der Waals surface area (Å²) in [4.78, 5) is 14.5. The molecule has 1 aliphatic rings. The predicted octanol–water partition coefficient (Wildman–Crippen LogP) is 15.9. The van der Waals surface area contributed by atoms with Crippen LogP contribution in [0, 0.1) is 0 Å². The van der Waals surface area contributed by atoms with Crippen molar-refractivity contribution in [3.8, 4) is 89.5 Å². The third kappa shape index (κ3) is 7.15. The maximum absolute atomic E-state index is 5.17. The molecule has 2 heterocycles. The number of fused-ring (bicyclic) bond motifs is 3. The average Bonchev–Trinajstić information content (AvgIpc) is 3.73. The van der Waals surface area contributed by atoms with Crippen LogP contribution >= 0.6 is 0 Å². The molecule has 1 aliphatic carbocycles. The van der Waals surface area contributed by atoms with E-state index in [1.165, 1.54) is 50.1 Å². The first-order valence-electron chi connectivity index (χ1n) is 22.8. The average molecular weight is 854 g/mol. The Bertz CT molecular complexity index is 3510. The lowest BCUT2D eigenvalue weighted by atomic mass is 9.67. The smallest absolute Gasteiger partial charge is 0.160 e. The summed E-state index contributed by atoms with van der Waals surface area (Å²) in [6, 6.07) is 89.5. The van der Waals surface area contributed by atoms with Crippen LogP contribution < -0.4 is 0 Å². The predicted molar refractivity (Wildman–Crippen MR) is 275 cm³/mol. The molecule has 0 fully saturated rings. The van der Waals surface area contributed by atoms with Crippen molar-refractivity contribution in [2.24, 2.45) is 0 Å². The molecule has 0 unspecified atom stereocenters. The molecule has 11 aromatic rings. The van der Waals surface area contributed by atoms with Crippen LogP contribution in [0.25, 0.3) is 89.5 Å². The van der Waals surface area contributed by atoms with Gasteiger partial charge in [-0.25, -0.2) is 9.97 Å². The molecule has 0 N–H and O–H groups in total. The lowest BCUT2D eigenvalue weighted by Crippen LogP contribution is -2.28. The van der Waals surface area contributed by atoms with Gasteiger partial charge in [0.25, 0.3) is 0 Å². The molecule has 12 rings (SSSR count). The summed E-state index contributed by atoms with van der Waals surface area (Å²) in [5.41, 5.74) is 21.3. The zero-order valence-corrected chi connectivity index (χ0v) is 36.7. The lowest BCUT2D eigenvalue weighted by Gasteiger charge is -2.34. The van der Waals surface area contributed by atoms with E-state index in [4.69, 9.17) is 9.97 Å². The highest BCUT2D eigenvalue weighted by Crippen LogP contribution is 2.58. The van der Waals surface area contributed by atoms with E-state index in [9.17, 15) is 0 Å². The molecule has 0 bridgehead atoms. The molecule has 9 aromatic carbocycles. The van der Waals surface area contributed by atoms with Gasteiger partial charge in [-0.05, 0) is 114 Å². The molecule has 0 radical (unpaired) electrons. The Hall–Kier alpha value is -8.79. The highest BCUT2D eigenvalue weighted by molar-refractivity contribution is 5.96. The molecule has 3 heteroatoms. The van der Waals surface area contributed by atoms with Crippen molar-refractivity contribution >= 4 is 0 Å². The van der Waals surface area contributed by atoms with Gasteiger partial charge in [0.1, 0.15) is 0 Å². The van der Waals surface area contributed by atoms with E-state index >= 15 is 0 Å². The fourth-order valence-electron chi connectivity index (χ4n) is 10.2. The Morgan fingerprint density at radius 3 is 1.34 bits per heavy atom. The zero-order chi connectivity index (χ0) is 44.6. The number of hydrogen-bond acceptors (Lipinski definition) is 3. The first-order chi connectivity index (χ1) is 33.2. The fourth-order valence-corrected chi connectivity index (χ4v) is 10.2. The summed E-state index contributed by atoms with van der Waals surface area (Å²) in [6.07, 6.45) is 3.65. The number of nitrogens with zero attached hydrogens (tertiary/aromatic N) is 3. The summed E-state index contributed by atoms with van der Waals surface area (Å²) in [5, 5.41) is 0. The molecule has 67 heavy (non-hydrogen) atoms. The van der Waals surface area contributed by atoms with Gasteiger partial charge in [-0.15, -0.1) is 0 Å². The third-order valence-electron chi connectivity index (χ3n) is 13.3. The molecule has 0 amide bonds. The van der Waals surface area contributed by atoms with Crippen molar-refractivity contribution in [1.29, 1.82) is 0 Å². The summed E-state index contributed by atoms with van der Waals surface area (Å²) < 4.78 is 0. The minimum absolute atomic E-state index is 0.451. The SMILES string of the molecule is c1ccc(-c2nc(-c3ccc(-c4ccncc4)cc3)cc(-c3cccc(-c4cccc(-c5cccc(-c6cccc7c6-c6ccccc6C7(c6ccccc6)c6ccccc6)c5)c4)c3)n2)cc1. The van der Waals surface area contributed by atoms with E-state index in [0.717, 1.165) is 55.9 Å². The van der Waals surface area contributed by atoms with Gasteiger partial charge < -0.3 is 0 Å². The number of benzene rings is 9. The Morgan fingerprint density at radius 1 is 0.269 bits per heavy atom. The van der Waals surface area contributed by atoms with Gasteiger partial charge in [-0.2, -0.15) is 0 Å². The van der Waals surface area contributed by atoms with E-state index in [2.05, 4.69) is 223 Å². The summed E-state index contributed by atoms with van der Waals surface area (Å²) in [5.74, 6) is 0.692. The monoisotopic (exact) mass is 853 g/mol. The van der Waals surface area contributed by atoms with Crippen LogP contribution in [0.3, 0.4) is 0 Å². The molecule has 0 saturated carbocycles. The molecule has 2 aromatic heterocycles. The molecule has 0 spiro atoms. The van der Waals surface area contributed by atoms with E-state index in [-0.39, 0.29) is 0 Å². The van der Waals surface area contributed by atoms with Crippen molar-refractivity contribution in [2.45, 2.75) is 5.41 Å². The van der Waals surface area contributed by atoms with Crippen molar-refractivity contribution in [3.63, 3.8) is 0 Å². The molecule has 0 saturated heterocycles. The van der Waals surface area contributed by atoms with Gasteiger partial charge in [0.2, 0.25) is 0 Å². The molecule has 0 atom stereocenters. The maximum atomic E-state index is 5.17. The Morgan fingerprint density at radius 2 is 0.701 bits per heavy atom. The number of aromatic nitrogens is 3. The van der Waals surface area contributed by atoms with Gasteiger partial charge in [0, 0.05) is 29.1 Å². The highest BCUT2D eigenvalue weighted by atomic mass is 14.9. The topological polar surface area (TPSA) is 38.7 Å². The van der Waals surface area contributed by atoms with Crippen molar-refractivity contribution in [1.82, 2.24) is 15.0 Å². The minimum Gasteiger partial charge on any atom is -0.265 e. The lowest BCUT2D eigenvalue weighted by molar-refractivity contribution is 0.768. The quantitative estimate of drug-likeness (QED) is 0.145. The fraction of sp³-hybridized carbons (Fsp3) is 0.0156. The van der Waals surface area contributed by atoms with Gasteiger partial charge in [0.15, 0.2) is 5.82 Å². The van der Waals surface area contributed by atoms with Crippen LogP contribution in [0.15, 0.2) is 261 Å². The second-order valence-corrected chi connectivity index (χ2v) is 17.1. The minimum atomic E-state index is -0.451. The molecule has 3 nitrogen and oxygen atoms in total. The van der Waals surface area contributed by atoms with Crippen LogP contribution in [-0.2, 0) is 5.41 Å². The highest BCUT2D eigenvalue weighted by Gasteiger charge is 2.46. The van der Waals surface area contributed by atoms with Crippen LogP contribution in [0.5, 0.6) is 0 Å². The van der Waals surface area contributed by atoms with Crippen LogP contribution in [0.1, 0.15) is 22.3 Å². The van der Waals surface area contributed by atoms with Crippen LogP contribution in [-0.4, -0.2) is 15.0 Å². The summed E-state index contributed by atoms with van der Waals surface area (Å²) >= 11 is 0. The number of hydrogen-bond donors (Lipinski definition) is 0. The van der Waals surface area contributed by atoms with Crippen molar-refractivity contribution in [3.05, 3.63) is 283 Å². The van der Waals surface area contributed by atoms with E-state index in [1.54, 1.807) is 0 Å². The van der Waals surface area contributed by atoms with Gasteiger partial charge in [-0.1, -0.05) is 212 Å². The largest absolute Gasteiger partial charge is 0.265 e. The van der Waals surface area contributed by atoms with Gasteiger partial charge >= 0.3 is 0 Å². The first-order valence-corrected chi connectivity index (χ1v) is 22.8. The van der Waals surface area contributed by atoms with E-state index in [0.29, 0.717) is 5.82 Å². The molecular weight excluding hydrogens is 811 g/mol. The van der Waals surface area contributed by atoms with Crippen molar-refractivity contribution < 1.29 is 0 Å². The molecule has 0 aliphatic heterocycles. The Kier molecular flexibility index (Phi) is 10.1. The first kappa shape index (κ1) is 39.8. The second kappa shape index (κ2) is 17.0. The summed E-state index contributed by atoms with van der Waals surface area (Å²) in [7, 11) is 0. The second-order valence-electron chi connectivity index (χ2n) is 17.1. The van der Waals surface area contributed by atoms with Crippen molar-refractivity contribution in [2.75, 3.05) is 0 Å². The maximum Gasteiger partial charge on any atom is 0.160 e. The standard InChI is InChI=1S/C64H43N3/c1-4-16-47(17-5-1)63-66-60(46-34-32-44(33-35-46)45-36-38-65-39-37-45)43-61(67-63)53-23-14-21-51(42-53)49-19-12-18-48(40-49)50-20-13-22-52(41-50)56-29-15-31-59-62(56)57-28-10-11-30-58(57)64(59,54-24-6-2-7-25-54)55-26-8-3-9-27-55/h1-43H. The third-order valence-corrected chi connectivity index (χ3v) is 13.3. The summed E-state index contributed by atoms with van der Waals surface area (Å²) in [6.45, 7) is 0. The molecular formula is C64H43N3. The number of rotatable bonds is 9.